The lowest BCUT2D eigenvalue weighted by atomic mass is 10.1. The van der Waals surface area contributed by atoms with E-state index in [4.69, 9.17) is 4.52 Å². The van der Waals surface area contributed by atoms with E-state index >= 15 is 0 Å². The summed E-state index contributed by atoms with van der Waals surface area (Å²) in [6, 6.07) is 6.87. The Balaban J connectivity index is 1.44. The highest BCUT2D eigenvalue weighted by Crippen LogP contribution is 2.23. The molecule has 2 amide bonds. The third kappa shape index (κ3) is 2.43. The molecule has 1 N–H and O–H groups in total. The lowest BCUT2D eigenvalue weighted by molar-refractivity contribution is 0.0655. The van der Waals surface area contributed by atoms with Gasteiger partial charge in [-0.25, -0.2) is 0 Å². The first-order valence-corrected chi connectivity index (χ1v) is 7.72. The van der Waals surface area contributed by atoms with Crippen LogP contribution < -0.4 is 5.32 Å². The Bertz CT molecular complexity index is 729. The van der Waals surface area contributed by atoms with Gasteiger partial charge < -0.3 is 9.84 Å². The minimum absolute atomic E-state index is 0.255. The van der Waals surface area contributed by atoms with Crippen LogP contribution in [0.15, 0.2) is 28.8 Å². The predicted molar refractivity (Wildman–Crippen MR) is 80.0 cm³/mol. The van der Waals surface area contributed by atoms with E-state index in [-0.39, 0.29) is 24.3 Å². The van der Waals surface area contributed by atoms with Gasteiger partial charge in [0.1, 0.15) is 0 Å². The average molecular weight is 312 g/mol. The number of imide groups is 1. The summed E-state index contributed by atoms with van der Waals surface area (Å²) in [5, 5.41) is 7.21. The van der Waals surface area contributed by atoms with Crippen molar-refractivity contribution in [2.45, 2.75) is 18.8 Å². The van der Waals surface area contributed by atoms with Gasteiger partial charge in [-0.1, -0.05) is 17.3 Å². The summed E-state index contributed by atoms with van der Waals surface area (Å²) in [7, 11) is 0. The number of rotatable bonds is 4. The van der Waals surface area contributed by atoms with Crippen LogP contribution in [-0.2, 0) is 6.42 Å². The molecule has 2 aliphatic heterocycles. The molecule has 1 fully saturated rings. The van der Waals surface area contributed by atoms with Crippen LogP contribution in [0, 0.1) is 0 Å². The molecule has 7 nitrogen and oxygen atoms in total. The van der Waals surface area contributed by atoms with Gasteiger partial charge >= 0.3 is 0 Å². The number of amides is 2. The molecule has 0 unspecified atom stereocenters. The van der Waals surface area contributed by atoms with E-state index in [1.54, 1.807) is 24.3 Å². The number of hydrogen-bond acceptors (Lipinski definition) is 6. The van der Waals surface area contributed by atoms with E-state index in [2.05, 4.69) is 15.5 Å². The Hall–Kier alpha value is -2.54. The maximum absolute atomic E-state index is 12.3. The van der Waals surface area contributed by atoms with Gasteiger partial charge in [0.05, 0.1) is 17.0 Å². The van der Waals surface area contributed by atoms with Crippen molar-refractivity contribution in [2.75, 3.05) is 19.6 Å². The van der Waals surface area contributed by atoms with E-state index in [0.717, 1.165) is 19.5 Å². The molecule has 2 aliphatic rings. The summed E-state index contributed by atoms with van der Waals surface area (Å²) in [4.78, 5) is 30.2. The van der Waals surface area contributed by atoms with Crippen LogP contribution in [0.5, 0.6) is 0 Å². The van der Waals surface area contributed by atoms with Crippen LogP contribution in [0.3, 0.4) is 0 Å². The molecule has 1 aromatic carbocycles. The summed E-state index contributed by atoms with van der Waals surface area (Å²) in [5.41, 5.74) is 0.923. The second-order valence-corrected chi connectivity index (χ2v) is 5.80. The van der Waals surface area contributed by atoms with Gasteiger partial charge in [0.25, 0.3) is 11.8 Å². The molecule has 1 atom stereocenters. The number of fused-ring (bicyclic) bond motifs is 1. The van der Waals surface area contributed by atoms with Crippen molar-refractivity contribution < 1.29 is 14.1 Å². The fraction of sp³-hybridized carbons (Fsp3) is 0.375. The van der Waals surface area contributed by atoms with Gasteiger partial charge in [0.15, 0.2) is 5.82 Å². The maximum atomic E-state index is 12.3. The number of nitrogens with zero attached hydrogens (tertiary/aromatic N) is 3. The third-order valence-corrected chi connectivity index (χ3v) is 4.33. The molecule has 0 saturated carbocycles. The van der Waals surface area contributed by atoms with E-state index in [0.29, 0.717) is 29.3 Å². The number of benzene rings is 1. The highest BCUT2D eigenvalue weighted by Gasteiger charge is 2.35. The molecule has 23 heavy (non-hydrogen) atoms. The van der Waals surface area contributed by atoms with Crippen molar-refractivity contribution in [3.63, 3.8) is 0 Å². The van der Waals surface area contributed by atoms with Crippen LogP contribution in [0.25, 0.3) is 0 Å². The predicted octanol–water partition coefficient (Wildman–Crippen LogP) is 0.985. The number of hydrogen-bond donors (Lipinski definition) is 1. The van der Waals surface area contributed by atoms with Crippen LogP contribution >= 0.6 is 0 Å². The smallest absolute Gasteiger partial charge is 0.261 e. The van der Waals surface area contributed by atoms with Crippen molar-refractivity contribution >= 4 is 11.8 Å². The van der Waals surface area contributed by atoms with Gasteiger partial charge in [0, 0.05) is 19.5 Å². The molecule has 7 heteroatoms. The van der Waals surface area contributed by atoms with Gasteiger partial charge in [-0.15, -0.1) is 0 Å². The largest absolute Gasteiger partial charge is 0.339 e. The fourth-order valence-corrected chi connectivity index (χ4v) is 3.05. The zero-order valence-corrected chi connectivity index (χ0v) is 12.5. The van der Waals surface area contributed by atoms with Crippen LogP contribution in [0.4, 0.5) is 0 Å². The van der Waals surface area contributed by atoms with E-state index < -0.39 is 0 Å². The summed E-state index contributed by atoms with van der Waals surface area (Å²) < 4.78 is 5.29. The SMILES string of the molecule is O=C1c2ccccc2C(=O)N1CCc1noc([C@@H]2CCNC2)n1. The minimum Gasteiger partial charge on any atom is -0.339 e. The van der Waals surface area contributed by atoms with Crippen LogP contribution in [0.1, 0.15) is 44.8 Å². The summed E-state index contributed by atoms with van der Waals surface area (Å²) in [6.07, 6.45) is 1.38. The molecule has 118 valence electrons. The standard InChI is InChI=1S/C16H16N4O3/c21-15-11-3-1-2-4-12(11)16(22)20(15)8-6-13-18-14(23-19-13)10-5-7-17-9-10/h1-4,10,17H,5-9H2/t10-/m1/s1. The van der Waals surface area contributed by atoms with Gasteiger partial charge in [-0.2, -0.15) is 4.98 Å². The average Bonchev–Trinajstić information content (AvgIpc) is 3.29. The van der Waals surface area contributed by atoms with Crippen LogP contribution in [-0.4, -0.2) is 46.5 Å². The van der Waals surface area contributed by atoms with Crippen molar-refractivity contribution in [3.05, 3.63) is 47.1 Å². The quantitative estimate of drug-likeness (QED) is 0.847. The van der Waals surface area contributed by atoms with Crippen molar-refractivity contribution in [1.29, 1.82) is 0 Å². The molecule has 0 spiro atoms. The van der Waals surface area contributed by atoms with E-state index in [1.165, 1.54) is 4.90 Å². The fourth-order valence-electron chi connectivity index (χ4n) is 3.05. The Kier molecular flexibility index (Phi) is 3.42. The molecule has 0 bridgehead atoms. The van der Waals surface area contributed by atoms with E-state index in [1.807, 2.05) is 0 Å². The Morgan fingerprint density at radius 1 is 1.22 bits per heavy atom. The number of carbonyl (C=O) groups is 2. The second-order valence-electron chi connectivity index (χ2n) is 5.80. The molecular formula is C16H16N4O3. The first-order chi connectivity index (χ1) is 11.2. The summed E-state index contributed by atoms with van der Waals surface area (Å²) in [5.74, 6) is 0.912. The van der Waals surface area contributed by atoms with Gasteiger partial charge in [0.2, 0.25) is 5.89 Å². The topological polar surface area (TPSA) is 88.3 Å². The lowest BCUT2D eigenvalue weighted by Crippen LogP contribution is -2.31. The maximum Gasteiger partial charge on any atom is 0.261 e. The molecule has 2 aromatic rings. The molecule has 0 radical (unpaired) electrons. The van der Waals surface area contributed by atoms with Gasteiger partial charge in [-0.3, -0.25) is 14.5 Å². The lowest BCUT2D eigenvalue weighted by Gasteiger charge is -2.11. The second kappa shape index (κ2) is 5.58. The third-order valence-electron chi connectivity index (χ3n) is 4.33. The molecule has 3 heterocycles. The zero-order valence-electron chi connectivity index (χ0n) is 12.5. The zero-order chi connectivity index (χ0) is 15.8. The Labute approximate surface area is 132 Å². The van der Waals surface area contributed by atoms with Crippen molar-refractivity contribution in [1.82, 2.24) is 20.4 Å². The highest BCUT2D eigenvalue weighted by atomic mass is 16.5. The monoisotopic (exact) mass is 312 g/mol. The highest BCUT2D eigenvalue weighted by molar-refractivity contribution is 6.21. The molecule has 0 aliphatic carbocycles. The molecule has 1 aromatic heterocycles. The number of carbonyl (C=O) groups excluding carboxylic acids is 2. The molecular weight excluding hydrogens is 296 g/mol. The molecule has 4 rings (SSSR count). The first kappa shape index (κ1) is 14.1. The number of nitrogens with one attached hydrogen (secondary N) is 1. The number of aromatic nitrogens is 2. The van der Waals surface area contributed by atoms with Crippen molar-refractivity contribution in [2.24, 2.45) is 0 Å². The normalized spacial score (nSPS) is 20.3. The minimum atomic E-state index is -0.255. The summed E-state index contributed by atoms with van der Waals surface area (Å²) in [6.45, 7) is 2.06. The Morgan fingerprint density at radius 2 is 1.96 bits per heavy atom. The van der Waals surface area contributed by atoms with Crippen LogP contribution in [0.2, 0.25) is 0 Å². The van der Waals surface area contributed by atoms with Gasteiger partial charge in [-0.05, 0) is 25.1 Å². The Morgan fingerprint density at radius 3 is 2.61 bits per heavy atom. The van der Waals surface area contributed by atoms with E-state index in [9.17, 15) is 9.59 Å². The summed E-state index contributed by atoms with van der Waals surface area (Å²) >= 11 is 0. The molecule has 1 saturated heterocycles. The first-order valence-electron chi connectivity index (χ1n) is 7.72. The van der Waals surface area contributed by atoms with Crippen molar-refractivity contribution in [3.8, 4) is 0 Å².